The zero-order valence-electron chi connectivity index (χ0n) is 10.3. The van der Waals surface area contributed by atoms with E-state index < -0.39 is 0 Å². The molecule has 0 spiro atoms. The highest BCUT2D eigenvalue weighted by Crippen LogP contribution is 2.15. The fraction of sp³-hybridized carbons (Fsp3) is 0.462. The Bertz CT molecular complexity index is 391. The van der Waals surface area contributed by atoms with Crippen LogP contribution in [0.2, 0.25) is 0 Å². The summed E-state index contributed by atoms with van der Waals surface area (Å²) in [6.45, 7) is 4.26. The van der Waals surface area contributed by atoms with Crippen molar-refractivity contribution < 1.29 is 9.18 Å². The smallest absolute Gasteiger partial charge is 0.224 e. The number of hydrogen-bond donors (Lipinski definition) is 2. The molecule has 0 unspecified atom stereocenters. The molecule has 0 saturated heterocycles. The molecule has 1 aromatic rings. The molecule has 1 rings (SSSR count). The number of amides is 1. The van der Waals surface area contributed by atoms with Crippen molar-refractivity contribution in [3.8, 4) is 0 Å². The number of anilines is 1. The predicted molar refractivity (Wildman–Crippen MR) is 67.0 cm³/mol. The lowest BCUT2D eigenvalue weighted by atomic mass is 10.1. The molecule has 0 aliphatic carbocycles. The van der Waals surface area contributed by atoms with Crippen molar-refractivity contribution in [3.05, 3.63) is 29.6 Å². The van der Waals surface area contributed by atoms with Gasteiger partial charge in [-0.15, -0.1) is 0 Å². The molecule has 0 bridgehead atoms. The summed E-state index contributed by atoms with van der Waals surface area (Å²) in [5, 5.41) is 2.74. The van der Waals surface area contributed by atoms with Crippen LogP contribution in [0.5, 0.6) is 0 Å². The van der Waals surface area contributed by atoms with Gasteiger partial charge in [-0.2, -0.15) is 0 Å². The average molecular weight is 238 g/mol. The van der Waals surface area contributed by atoms with Crippen LogP contribution in [0, 0.1) is 11.7 Å². The van der Waals surface area contributed by atoms with E-state index in [0.717, 1.165) is 6.42 Å². The van der Waals surface area contributed by atoms with Gasteiger partial charge in [0.2, 0.25) is 5.91 Å². The molecular weight excluding hydrogens is 219 g/mol. The van der Waals surface area contributed by atoms with Crippen LogP contribution >= 0.6 is 0 Å². The molecule has 0 saturated carbocycles. The number of nitrogens with two attached hydrogens (primary N) is 1. The Labute approximate surface area is 101 Å². The minimum atomic E-state index is -0.340. The average Bonchev–Trinajstić information content (AvgIpc) is 2.29. The first-order chi connectivity index (χ1) is 8.02. The summed E-state index contributed by atoms with van der Waals surface area (Å²) >= 11 is 0. The minimum absolute atomic E-state index is 0.0479. The van der Waals surface area contributed by atoms with Crippen molar-refractivity contribution in [2.24, 2.45) is 11.7 Å². The summed E-state index contributed by atoms with van der Waals surface area (Å²) in [5.74, 6) is 0.106. The van der Waals surface area contributed by atoms with E-state index in [1.165, 1.54) is 6.07 Å². The first kappa shape index (κ1) is 13.6. The molecule has 0 aliphatic heterocycles. The number of hydrogen-bond acceptors (Lipinski definition) is 2. The lowest BCUT2D eigenvalue weighted by Gasteiger charge is -2.08. The number of benzene rings is 1. The second-order valence-corrected chi connectivity index (χ2v) is 4.49. The summed E-state index contributed by atoms with van der Waals surface area (Å²) in [4.78, 5) is 11.6. The van der Waals surface area contributed by atoms with E-state index in [4.69, 9.17) is 5.73 Å². The molecule has 3 N–H and O–H groups in total. The number of rotatable bonds is 5. The molecule has 4 heteroatoms. The van der Waals surface area contributed by atoms with Crippen LogP contribution in [-0.2, 0) is 11.3 Å². The van der Waals surface area contributed by atoms with Crippen LogP contribution in [0.15, 0.2) is 18.2 Å². The molecule has 0 heterocycles. The van der Waals surface area contributed by atoms with Crippen molar-refractivity contribution in [1.29, 1.82) is 0 Å². The van der Waals surface area contributed by atoms with Gasteiger partial charge in [-0.05, 0) is 30.5 Å². The number of carbonyl (C=O) groups excluding carboxylic acids is 1. The Morgan fingerprint density at radius 3 is 2.76 bits per heavy atom. The van der Waals surface area contributed by atoms with Gasteiger partial charge in [0, 0.05) is 24.2 Å². The lowest BCUT2D eigenvalue weighted by Crippen LogP contribution is -2.13. The van der Waals surface area contributed by atoms with Gasteiger partial charge in [-0.3, -0.25) is 4.79 Å². The maximum Gasteiger partial charge on any atom is 0.224 e. The maximum absolute atomic E-state index is 13.2. The molecule has 0 aliphatic rings. The summed E-state index contributed by atoms with van der Waals surface area (Å²) in [5.41, 5.74) is 6.40. The van der Waals surface area contributed by atoms with Gasteiger partial charge in [-0.1, -0.05) is 13.8 Å². The maximum atomic E-state index is 13.2. The van der Waals surface area contributed by atoms with Gasteiger partial charge in [0.15, 0.2) is 0 Å². The van der Waals surface area contributed by atoms with Crippen LogP contribution < -0.4 is 11.1 Å². The molecule has 1 amide bonds. The van der Waals surface area contributed by atoms with Crippen molar-refractivity contribution in [1.82, 2.24) is 0 Å². The second kappa shape index (κ2) is 6.35. The minimum Gasteiger partial charge on any atom is -0.326 e. The number of carbonyl (C=O) groups is 1. The van der Waals surface area contributed by atoms with E-state index in [0.29, 0.717) is 23.6 Å². The van der Waals surface area contributed by atoms with Crippen molar-refractivity contribution in [2.45, 2.75) is 33.2 Å². The Morgan fingerprint density at radius 1 is 1.47 bits per heavy atom. The van der Waals surface area contributed by atoms with E-state index in [9.17, 15) is 9.18 Å². The zero-order chi connectivity index (χ0) is 12.8. The predicted octanol–water partition coefficient (Wildman–Crippen LogP) is 2.66. The molecule has 0 fully saturated rings. The third-order valence-corrected chi connectivity index (χ3v) is 2.50. The number of nitrogens with one attached hydrogen (secondary N) is 1. The van der Waals surface area contributed by atoms with E-state index in [2.05, 4.69) is 19.2 Å². The van der Waals surface area contributed by atoms with Crippen LogP contribution in [-0.4, -0.2) is 5.91 Å². The Kier molecular flexibility index (Phi) is 5.10. The van der Waals surface area contributed by atoms with E-state index >= 15 is 0 Å². The molecule has 17 heavy (non-hydrogen) atoms. The van der Waals surface area contributed by atoms with Crippen LogP contribution in [0.1, 0.15) is 32.3 Å². The first-order valence-corrected chi connectivity index (χ1v) is 5.81. The van der Waals surface area contributed by atoms with Gasteiger partial charge in [0.1, 0.15) is 5.82 Å². The van der Waals surface area contributed by atoms with Gasteiger partial charge in [0.25, 0.3) is 0 Å². The Morgan fingerprint density at radius 2 is 2.18 bits per heavy atom. The highest BCUT2D eigenvalue weighted by Gasteiger charge is 2.06. The first-order valence-electron chi connectivity index (χ1n) is 5.81. The monoisotopic (exact) mass is 238 g/mol. The van der Waals surface area contributed by atoms with Crippen molar-refractivity contribution in [3.63, 3.8) is 0 Å². The standard InChI is InChI=1S/C13H19FN2O/c1-9(2)3-6-13(17)16-11-4-5-12(14)10(7-11)8-15/h4-5,7,9H,3,6,8,15H2,1-2H3,(H,16,17). The summed E-state index contributed by atoms with van der Waals surface area (Å²) < 4.78 is 13.2. The summed E-state index contributed by atoms with van der Waals surface area (Å²) in [7, 11) is 0. The van der Waals surface area contributed by atoms with Crippen LogP contribution in [0.4, 0.5) is 10.1 Å². The number of halogens is 1. The van der Waals surface area contributed by atoms with Gasteiger partial charge < -0.3 is 11.1 Å². The molecular formula is C13H19FN2O. The van der Waals surface area contributed by atoms with E-state index in [1.54, 1.807) is 12.1 Å². The molecule has 94 valence electrons. The third kappa shape index (κ3) is 4.53. The van der Waals surface area contributed by atoms with Crippen LogP contribution in [0.25, 0.3) is 0 Å². The fourth-order valence-electron chi connectivity index (χ4n) is 1.45. The largest absolute Gasteiger partial charge is 0.326 e. The van der Waals surface area contributed by atoms with Gasteiger partial charge in [0.05, 0.1) is 0 Å². The highest BCUT2D eigenvalue weighted by atomic mass is 19.1. The SMILES string of the molecule is CC(C)CCC(=O)Nc1ccc(F)c(CN)c1. The molecule has 1 aromatic carbocycles. The molecule has 0 aromatic heterocycles. The topological polar surface area (TPSA) is 55.1 Å². The van der Waals surface area contributed by atoms with Gasteiger partial charge >= 0.3 is 0 Å². The highest BCUT2D eigenvalue weighted by molar-refractivity contribution is 5.90. The van der Waals surface area contributed by atoms with Crippen LogP contribution in [0.3, 0.4) is 0 Å². The van der Waals surface area contributed by atoms with Crippen molar-refractivity contribution in [2.75, 3.05) is 5.32 Å². The molecule has 0 radical (unpaired) electrons. The van der Waals surface area contributed by atoms with E-state index in [-0.39, 0.29) is 18.3 Å². The quantitative estimate of drug-likeness (QED) is 0.828. The van der Waals surface area contributed by atoms with Gasteiger partial charge in [-0.25, -0.2) is 4.39 Å². The van der Waals surface area contributed by atoms with Crippen molar-refractivity contribution >= 4 is 11.6 Å². The lowest BCUT2D eigenvalue weighted by molar-refractivity contribution is -0.116. The second-order valence-electron chi connectivity index (χ2n) is 4.49. The summed E-state index contributed by atoms with van der Waals surface area (Å²) in [6.07, 6.45) is 1.32. The molecule has 3 nitrogen and oxygen atoms in total. The Balaban J connectivity index is 2.59. The third-order valence-electron chi connectivity index (χ3n) is 2.50. The normalized spacial score (nSPS) is 10.6. The summed E-state index contributed by atoms with van der Waals surface area (Å²) in [6, 6.07) is 4.44. The Hall–Kier alpha value is -1.42. The van der Waals surface area contributed by atoms with E-state index in [1.807, 2.05) is 0 Å². The molecule has 0 atom stereocenters. The fourth-order valence-corrected chi connectivity index (χ4v) is 1.45. The zero-order valence-corrected chi connectivity index (χ0v) is 10.3.